The average Bonchev–Trinajstić information content (AvgIpc) is 2.86. The third-order valence-electron chi connectivity index (χ3n) is 5.88. The highest BCUT2D eigenvalue weighted by Gasteiger charge is 2.40. The van der Waals surface area contributed by atoms with Gasteiger partial charge < -0.3 is 9.84 Å². The number of hydrogen-bond donors (Lipinski definition) is 1. The molecule has 0 saturated heterocycles. The zero-order chi connectivity index (χ0) is 24.3. The lowest BCUT2D eigenvalue weighted by molar-refractivity contribution is -0.535. The summed E-state index contributed by atoms with van der Waals surface area (Å²) in [6.07, 6.45) is -1.52. The molecule has 34 heavy (non-hydrogen) atoms. The molecule has 3 atom stereocenters. The number of aliphatic hydroxyl groups is 1. The average molecular weight is 463 g/mol. The lowest BCUT2D eigenvalue weighted by atomic mass is 9.92. The van der Waals surface area contributed by atoms with Crippen molar-refractivity contribution < 1.29 is 19.6 Å². The summed E-state index contributed by atoms with van der Waals surface area (Å²) in [6.45, 7) is 0.958. The SMILES string of the molecule is COC(=O)C[C@@H]([C@H](O)[C@@H](Cc1ccccc1)N(Cc1ccccc1)Cc1ccccc1)[N+](=O)[O-]. The van der Waals surface area contributed by atoms with Gasteiger partial charge in [-0.1, -0.05) is 91.0 Å². The van der Waals surface area contributed by atoms with E-state index >= 15 is 0 Å². The molecule has 0 aliphatic carbocycles. The first kappa shape index (κ1) is 25.1. The molecule has 3 rings (SSSR count). The smallest absolute Gasteiger partial charge is 0.312 e. The Bertz CT molecular complexity index is 989. The lowest BCUT2D eigenvalue weighted by Crippen LogP contribution is -2.52. The zero-order valence-corrected chi connectivity index (χ0v) is 19.2. The fraction of sp³-hybridized carbons (Fsp3) is 0.296. The third-order valence-corrected chi connectivity index (χ3v) is 5.88. The topological polar surface area (TPSA) is 92.9 Å². The predicted octanol–water partition coefficient (Wildman–Crippen LogP) is 3.87. The maximum atomic E-state index is 11.9. The van der Waals surface area contributed by atoms with Gasteiger partial charge in [0, 0.05) is 24.1 Å². The fourth-order valence-corrected chi connectivity index (χ4v) is 4.08. The fourth-order valence-electron chi connectivity index (χ4n) is 4.08. The van der Waals surface area contributed by atoms with E-state index in [1.165, 1.54) is 7.11 Å². The molecule has 178 valence electrons. The Morgan fingerprint density at radius 1 is 0.882 bits per heavy atom. The van der Waals surface area contributed by atoms with Gasteiger partial charge >= 0.3 is 5.97 Å². The third kappa shape index (κ3) is 7.23. The summed E-state index contributed by atoms with van der Waals surface area (Å²) in [4.78, 5) is 25.3. The Balaban J connectivity index is 2.00. The monoisotopic (exact) mass is 462 g/mol. The Labute approximate surface area is 199 Å². The van der Waals surface area contributed by atoms with Crippen molar-refractivity contribution >= 4 is 5.97 Å². The van der Waals surface area contributed by atoms with Gasteiger partial charge in [-0.25, -0.2) is 0 Å². The van der Waals surface area contributed by atoms with Crippen molar-refractivity contribution in [3.63, 3.8) is 0 Å². The molecule has 3 aromatic carbocycles. The zero-order valence-electron chi connectivity index (χ0n) is 19.2. The molecular weight excluding hydrogens is 432 g/mol. The molecule has 0 fully saturated rings. The van der Waals surface area contributed by atoms with Crippen molar-refractivity contribution in [3.05, 3.63) is 118 Å². The van der Waals surface area contributed by atoms with Crippen LogP contribution in [0.4, 0.5) is 0 Å². The summed E-state index contributed by atoms with van der Waals surface area (Å²) in [5.41, 5.74) is 2.99. The van der Waals surface area contributed by atoms with Crippen molar-refractivity contribution in [1.82, 2.24) is 4.90 Å². The van der Waals surface area contributed by atoms with E-state index in [0.29, 0.717) is 19.5 Å². The summed E-state index contributed by atoms with van der Waals surface area (Å²) in [6, 6.07) is 27.0. The van der Waals surface area contributed by atoms with E-state index in [2.05, 4.69) is 9.64 Å². The highest BCUT2D eigenvalue weighted by molar-refractivity contribution is 5.69. The molecule has 3 aromatic rings. The van der Waals surface area contributed by atoms with E-state index < -0.39 is 35.5 Å². The first-order valence-electron chi connectivity index (χ1n) is 11.2. The van der Waals surface area contributed by atoms with E-state index in [9.17, 15) is 20.0 Å². The van der Waals surface area contributed by atoms with Crippen LogP contribution in [0.25, 0.3) is 0 Å². The first-order chi connectivity index (χ1) is 16.5. The van der Waals surface area contributed by atoms with Crippen LogP contribution in [0.5, 0.6) is 0 Å². The van der Waals surface area contributed by atoms with Gasteiger partial charge in [-0.15, -0.1) is 0 Å². The number of nitrogens with zero attached hydrogens (tertiary/aromatic N) is 2. The molecule has 0 amide bonds. The number of esters is 1. The van der Waals surface area contributed by atoms with E-state index in [1.54, 1.807) is 0 Å². The van der Waals surface area contributed by atoms with Gasteiger partial charge in [-0.05, 0) is 23.1 Å². The van der Waals surface area contributed by atoms with Crippen LogP contribution >= 0.6 is 0 Å². The standard InChI is InChI=1S/C27H30N2O5/c1-34-26(30)18-25(29(32)33)27(31)24(17-21-11-5-2-6-12-21)28(19-22-13-7-3-8-14-22)20-23-15-9-4-10-16-23/h2-16,24-25,27,31H,17-20H2,1H3/t24-,25+,27-/m1/s1. The van der Waals surface area contributed by atoms with Gasteiger partial charge in [0.05, 0.1) is 7.11 Å². The van der Waals surface area contributed by atoms with E-state index in [1.807, 2.05) is 91.0 Å². The summed E-state index contributed by atoms with van der Waals surface area (Å²) in [5.74, 6) is -0.725. The van der Waals surface area contributed by atoms with Gasteiger partial charge in [0.25, 0.3) is 6.04 Å². The normalized spacial score (nSPS) is 13.7. The number of hydrogen-bond acceptors (Lipinski definition) is 6. The summed E-state index contributed by atoms with van der Waals surface area (Å²) in [5, 5.41) is 23.3. The molecule has 0 radical (unpaired) electrons. The maximum Gasteiger partial charge on any atom is 0.312 e. The number of carbonyl (C=O) groups excluding carboxylic acids is 1. The molecular formula is C27H30N2O5. The largest absolute Gasteiger partial charge is 0.469 e. The van der Waals surface area contributed by atoms with Crippen LogP contribution < -0.4 is 0 Å². The number of rotatable bonds is 12. The van der Waals surface area contributed by atoms with Gasteiger partial charge in [0.15, 0.2) is 0 Å². The van der Waals surface area contributed by atoms with Crippen LogP contribution in [0.2, 0.25) is 0 Å². The highest BCUT2D eigenvalue weighted by atomic mass is 16.6. The summed E-state index contributed by atoms with van der Waals surface area (Å²) >= 11 is 0. The van der Waals surface area contributed by atoms with E-state index in [4.69, 9.17) is 0 Å². The van der Waals surface area contributed by atoms with Gasteiger partial charge in [0.2, 0.25) is 0 Å². The molecule has 0 saturated carbocycles. The van der Waals surface area contributed by atoms with Gasteiger partial charge in [-0.2, -0.15) is 0 Å². The lowest BCUT2D eigenvalue weighted by Gasteiger charge is -2.36. The molecule has 7 nitrogen and oxygen atoms in total. The van der Waals surface area contributed by atoms with Gasteiger partial charge in [-0.3, -0.25) is 19.8 Å². The Morgan fingerprint density at radius 3 is 1.74 bits per heavy atom. The number of nitro groups is 1. The van der Waals surface area contributed by atoms with Crippen LogP contribution in [0.3, 0.4) is 0 Å². The quantitative estimate of drug-likeness (QED) is 0.250. The molecule has 0 unspecified atom stereocenters. The molecule has 0 heterocycles. The second kappa shape index (κ2) is 12.6. The molecule has 7 heteroatoms. The molecule has 0 aromatic heterocycles. The Morgan fingerprint density at radius 2 is 1.32 bits per heavy atom. The molecule has 1 N–H and O–H groups in total. The second-order valence-electron chi connectivity index (χ2n) is 8.26. The summed E-state index contributed by atoms with van der Waals surface area (Å²) < 4.78 is 4.66. The van der Waals surface area contributed by atoms with E-state index in [0.717, 1.165) is 16.7 Å². The molecule has 0 aliphatic rings. The first-order valence-corrected chi connectivity index (χ1v) is 11.2. The number of methoxy groups -OCH3 is 1. The molecule has 0 spiro atoms. The van der Waals surface area contributed by atoms with Crippen LogP contribution in [0.15, 0.2) is 91.0 Å². The van der Waals surface area contributed by atoms with Crippen molar-refractivity contribution in [2.24, 2.45) is 0 Å². The van der Waals surface area contributed by atoms with Crippen LogP contribution in [-0.2, 0) is 29.0 Å². The Hall–Kier alpha value is -3.55. The minimum Gasteiger partial charge on any atom is -0.469 e. The number of carbonyl (C=O) groups is 1. The minimum atomic E-state index is -1.49. The van der Waals surface area contributed by atoms with Crippen LogP contribution in [0.1, 0.15) is 23.1 Å². The Kier molecular flexibility index (Phi) is 9.31. The molecule has 0 aliphatic heterocycles. The van der Waals surface area contributed by atoms with Gasteiger partial charge in [0.1, 0.15) is 12.5 Å². The predicted molar refractivity (Wildman–Crippen MR) is 129 cm³/mol. The van der Waals surface area contributed by atoms with Crippen molar-refractivity contribution in [1.29, 1.82) is 0 Å². The second-order valence-corrected chi connectivity index (χ2v) is 8.26. The number of ether oxygens (including phenoxy) is 1. The van der Waals surface area contributed by atoms with Crippen molar-refractivity contribution in [2.45, 2.75) is 44.1 Å². The maximum absolute atomic E-state index is 11.9. The van der Waals surface area contributed by atoms with Crippen LogP contribution in [0, 0.1) is 10.1 Å². The summed E-state index contributed by atoms with van der Waals surface area (Å²) in [7, 11) is 1.18. The highest BCUT2D eigenvalue weighted by Crippen LogP contribution is 2.23. The number of aliphatic hydroxyl groups excluding tert-OH is 1. The van der Waals surface area contributed by atoms with Crippen LogP contribution in [-0.4, -0.2) is 46.2 Å². The number of benzene rings is 3. The minimum absolute atomic E-state index is 0.382. The van der Waals surface area contributed by atoms with Crippen molar-refractivity contribution in [3.8, 4) is 0 Å². The van der Waals surface area contributed by atoms with Crippen molar-refractivity contribution in [2.75, 3.05) is 7.11 Å². The molecule has 0 bridgehead atoms. The van der Waals surface area contributed by atoms with E-state index in [-0.39, 0.29) is 0 Å².